The number of hydrogen-bond acceptors (Lipinski definition) is 4. The van der Waals surface area contributed by atoms with Gasteiger partial charge in [0.05, 0.1) is 6.61 Å². The van der Waals surface area contributed by atoms with Crippen molar-refractivity contribution >= 4 is 18.3 Å². The Morgan fingerprint density at radius 3 is 2.67 bits per heavy atom. The molecule has 0 unspecified atom stereocenters. The monoisotopic (exact) mass is 316 g/mol. The van der Waals surface area contributed by atoms with Crippen LogP contribution in [0.5, 0.6) is 5.75 Å². The molecular formula is C15H25ClN2O3. The Kier molecular flexibility index (Phi) is 9.01. The van der Waals surface area contributed by atoms with Crippen molar-refractivity contribution in [1.29, 1.82) is 0 Å². The molecule has 0 spiro atoms. The quantitative estimate of drug-likeness (QED) is 0.719. The molecule has 0 radical (unpaired) electrons. The van der Waals surface area contributed by atoms with E-state index in [-0.39, 0.29) is 18.3 Å². The molecule has 0 saturated carbocycles. The summed E-state index contributed by atoms with van der Waals surface area (Å²) in [6.07, 6.45) is 0.814. The third-order valence-electron chi connectivity index (χ3n) is 2.56. The number of carbonyl (C=O) groups is 1. The van der Waals surface area contributed by atoms with Crippen molar-refractivity contribution in [3.63, 3.8) is 0 Å². The maximum Gasteiger partial charge on any atom is 0.251 e. The van der Waals surface area contributed by atoms with Gasteiger partial charge in [-0.05, 0) is 32.0 Å². The van der Waals surface area contributed by atoms with Gasteiger partial charge in [0.2, 0.25) is 0 Å². The van der Waals surface area contributed by atoms with Crippen molar-refractivity contribution < 1.29 is 14.3 Å². The van der Waals surface area contributed by atoms with Crippen molar-refractivity contribution in [1.82, 2.24) is 5.32 Å². The van der Waals surface area contributed by atoms with Gasteiger partial charge in [-0.1, -0.05) is 6.07 Å². The molecule has 0 aromatic heterocycles. The molecule has 0 heterocycles. The zero-order valence-electron chi connectivity index (χ0n) is 12.8. The van der Waals surface area contributed by atoms with Gasteiger partial charge in [-0.2, -0.15) is 0 Å². The number of rotatable bonds is 8. The smallest absolute Gasteiger partial charge is 0.251 e. The van der Waals surface area contributed by atoms with Crippen LogP contribution in [-0.4, -0.2) is 38.3 Å². The summed E-state index contributed by atoms with van der Waals surface area (Å²) in [7, 11) is 1.66. The Morgan fingerprint density at radius 2 is 2.05 bits per heavy atom. The van der Waals surface area contributed by atoms with Crippen molar-refractivity contribution in [3.8, 4) is 5.75 Å². The summed E-state index contributed by atoms with van der Waals surface area (Å²) in [5, 5.41) is 2.80. The van der Waals surface area contributed by atoms with E-state index >= 15 is 0 Å². The molecule has 0 aliphatic rings. The third-order valence-corrected chi connectivity index (χ3v) is 2.56. The van der Waals surface area contributed by atoms with E-state index < -0.39 is 5.54 Å². The lowest BCUT2D eigenvalue weighted by Crippen LogP contribution is -2.45. The zero-order valence-corrected chi connectivity index (χ0v) is 13.7. The summed E-state index contributed by atoms with van der Waals surface area (Å²) in [5.41, 5.74) is 5.98. The summed E-state index contributed by atoms with van der Waals surface area (Å²) < 4.78 is 10.5. The third kappa shape index (κ3) is 8.55. The lowest BCUT2D eigenvalue weighted by molar-refractivity contribution is 0.0945. The summed E-state index contributed by atoms with van der Waals surface area (Å²) in [5.74, 6) is 0.534. The Balaban J connectivity index is 0.00000400. The summed E-state index contributed by atoms with van der Waals surface area (Å²) in [6.45, 7) is 5.37. The van der Waals surface area contributed by atoms with E-state index in [0.717, 1.165) is 6.42 Å². The Morgan fingerprint density at radius 1 is 1.33 bits per heavy atom. The van der Waals surface area contributed by atoms with Gasteiger partial charge in [-0.25, -0.2) is 0 Å². The second kappa shape index (κ2) is 9.60. The highest BCUT2D eigenvalue weighted by atomic mass is 35.5. The van der Waals surface area contributed by atoms with Gasteiger partial charge in [-0.3, -0.25) is 4.79 Å². The molecular weight excluding hydrogens is 292 g/mol. The molecule has 1 aromatic rings. The second-order valence-corrected chi connectivity index (χ2v) is 5.39. The number of methoxy groups -OCH3 is 1. The van der Waals surface area contributed by atoms with Crippen LogP contribution in [0.25, 0.3) is 0 Å². The molecule has 0 aliphatic carbocycles. The lowest BCUT2D eigenvalue weighted by atomic mass is 10.1. The number of benzene rings is 1. The number of nitrogens with two attached hydrogens (primary N) is 1. The summed E-state index contributed by atoms with van der Waals surface area (Å²) in [6, 6.07) is 7.11. The molecule has 1 amide bonds. The highest BCUT2D eigenvalue weighted by Gasteiger charge is 2.13. The van der Waals surface area contributed by atoms with Gasteiger partial charge in [0.1, 0.15) is 5.75 Å². The minimum absolute atomic E-state index is 0. The molecule has 5 nitrogen and oxygen atoms in total. The van der Waals surface area contributed by atoms with E-state index in [2.05, 4.69) is 5.32 Å². The highest BCUT2D eigenvalue weighted by molar-refractivity contribution is 5.94. The fourth-order valence-corrected chi connectivity index (χ4v) is 1.53. The fraction of sp³-hybridized carbons (Fsp3) is 0.533. The SMILES string of the molecule is COCCCOc1cccc(C(=O)NCC(C)(C)N)c1.Cl. The topological polar surface area (TPSA) is 73.6 Å². The van der Waals surface area contributed by atoms with E-state index in [4.69, 9.17) is 15.2 Å². The van der Waals surface area contributed by atoms with E-state index in [1.165, 1.54) is 0 Å². The molecule has 0 saturated heterocycles. The number of carbonyl (C=O) groups excluding carboxylic acids is 1. The molecule has 21 heavy (non-hydrogen) atoms. The molecule has 1 rings (SSSR count). The Labute approximate surface area is 132 Å². The van der Waals surface area contributed by atoms with Crippen LogP contribution >= 0.6 is 12.4 Å². The first-order valence-corrected chi connectivity index (χ1v) is 6.71. The predicted molar refractivity (Wildman–Crippen MR) is 86.3 cm³/mol. The zero-order chi connectivity index (χ0) is 15.0. The molecule has 3 N–H and O–H groups in total. The second-order valence-electron chi connectivity index (χ2n) is 5.39. The maximum atomic E-state index is 12.0. The number of amides is 1. The fourth-order valence-electron chi connectivity index (χ4n) is 1.53. The van der Waals surface area contributed by atoms with Crippen LogP contribution in [0.4, 0.5) is 0 Å². The molecule has 0 atom stereocenters. The minimum atomic E-state index is -0.427. The van der Waals surface area contributed by atoms with Crippen LogP contribution in [-0.2, 0) is 4.74 Å². The van der Waals surface area contributed by atoms with Crippen LogP contribution in [0.15, 0.2) is 24.3 Å². The summed E-state index contributed by atoms with van der Waals surface area (Å²) >= 11 is 0. The highest BCUT2D eigenvalue weighted by Crippen LogP contribution is 2.13. The molecule has 1 aromatic carbocycles. The van der Waals surface area contributed by atoms with Gasteiger partial charge >= 0.3 is 0 Å². The average molecular weight is 317 g/mol. The van der Waals surface area contributed by atoms with E-state index in [1.54, 1.807) is 25.3 Å². The number of halogens is 1. The van der Waals surface area contributed by atoms with Crippen molar-refractivity contribution in [2.45, 2.75) is 25.8 Å². The largest absolute Gasteiger partial charge is 0.493 e. The van der Waals surface area contributed by atoms with Crippen molar-refractivity contribution in [2.75, 3.05) is 26.9 Å². The first-order chi connectivity index (χ1) is 9.42. The van der Waals surface area contributed by atoms with E-state index in [0.29, 0.717) is 31.1 Å². The Bertz CT molecular complexity index is 433. The first-order valence-electron chi connectivity index (χ1n) is 6.71. The van der Waals surface area contributed by atoms with Gasteiger partial charge in [0.25, 0.3) is 5.91 Å². The molecule has 120 valence electrons. The number of ether oxygens (including phenoxy) is 2. The lowest BCUT2D eigenvalue weighted by Gasteiger charge is -2.19. The maximum absolute atomic E-state index is 12.0. The molecule has 0 aliphatic heterocycles. The molecule has 6 heteroatoms. The van der Waals surface area contributed by atoms with Gasteiger partial charge in [0.15, 0.2) is 0 Å². The molecule has 0 bridgehead atoms. The minimum Gasteiger partial charge on any atom is -0.493 e. The van der Waals surface area contributed by atoms with Crippen LogP contribution in [0, 0.1) is 0 Å². The predicted octanol–water partition coefficient (Wildman–Crippen LogP) is 1.99. The first kappa shape index (κ1) is 19.7. The van der Waals surface area contributed by atoms with Crippen molar-refractivity contribution in [3.05, 3.63) is 29.8 Å². The van der Waals surface area contributed by atoms with Crippen LogP contribution < -0.4 is 15.8 Å². The van der Waals surface area contributed by atoms with Crippen molar-refractivity contribution in [2.24, 2.45) is 5.73 Å². The van der Waals surface area contributed by atoms with Crippen LogP contribution in [0.1, 0.15) is 30.6 Å². The van der Waals surface area contributed by atoms with Crippen LogP contribution in [0.2, 0.25) is 0 Å². The normalized spacial score (nSPS) is 10.7. The summed E-state index contributed by atoms with van der Waals surface area (Å²) in [4.78, 5) is 12.0. The van der Waals surface area contributed by atoms with Gasteiger partial charge in [0, 0.05) is 37.8 Å². The molecule has 0 fully saturated rings. The average Bonchev–Trinajstić information content (AvgIpc) is 2.40. The number of hydrogen-bond donors (Lipinski definition) is 2. The Hall–Kier alpha value is -1.30. The standard InChI is InChI=1S/C15H24N2O3.ClH/c1-15(2,16)11-17-14(18)12-6-4-7-13(10-12)20-9-5-8-19-3;/h4,6-7,10H,5,8-9,11,16H2,1-3H3,(H,17,18);1H. The van der Waals surface area contributed by atoms with E-state index in [9.17, 15) is 4.79 Å². The number of nitrogens with one attached hydrogen (secondary N) is 1. The van der Waals surface area contributed by atoms with Crippen LogP contribution in [0.3, 0.4) is 0 Å². The van der Waals surface area contributed by atoms with E-state index in [1.807, 2.05) is 19.9 Å². The van der Waals surface area contributed by atoms with Gasteiger partial charge < -0.3 is 20.5 Å². The van der Waals surface area contributed by atoms with Gasteiger partial charge in [-0.15, -0.1) is 12.4 Å².